The minimum Gasteiger partial charge on any atom is -0.508 e. The molecule has 0 aliphatic carbocycles. The third-order valence-corrected chi connectivity index (χ3v) is 2.30. The topological polar surface area (TPSA) is 87.0 Å². The number of phenols is 1. The minimum atomic E-state index is -1.63. The number of aromatic hydroxyl groups is 1. The van der Waals surface area contributed by atoms with Gasteiger partial charge in [-0.2, -0.15) is 0 Å². The zero-order valence-corrected chi connectivity index (χ0v) is 9.04. The lowest BCUT2D eigenvalue weighted by Gasteiger charge is -2.16. The van der Waals surface area contributed by atoms with Gasteiger partial charge in [0.15, 0.2) is 6.10 Å². The molecule has 0 fully saturated rings. The number of esters is 1. The van der Waals surface area contributed by atoms with Crippen molar-refractivity contribution in [3.8, 4) is 5.75 Å². The molecule has 1 aromatic carbocycles. The molecule has 1 rings (SSSR count). The second-order valence-electron chi connectivity index (χ2n) is 3.46. The first-order valence-electron chi connectivity index (χ1n) is 4.71. The Labute approximate surface area is 92.9 Å². The van der Waals surface area contributed by atoms with Crippen molar-refractivity contribution in [3.63, 3.8) is 0 Å². The summed E-state index contributed by atoms with van der Waals surface area (Å²) in [6.45, 7) is 1.65. The van der Waals surface area contributed by atoms with Crippen molar-refractivity contribution in [2.24, 2.45) is 0 Å². The number of ether oxygens (including phenoxy) is 1. The Morgan fingerprint density at radius 2 is 2.00 bits per heavy atom. The zero-order chi connectivity index (χ0) is 12.3. The number of aliphatic hydroxyl groups excluding tert-OH is 2. The predicted molar refractivity (Wildman–Crippen MR) is 55.8 cm³/mol. The molecule has 0 bridgehead atoms. The van der Waals surface area contributed by atoms with Gasteiger partial charge in [0, 0.05) is 0 Å². The molecule has 88 valence electrons. The molecule has 0 saturated carbocycles. The molecule has 5 nitrogen and oxygen atoms in total. The summed E-state index contributed by atoms with van der Waals surface area (Å²) in [6, 6.07) is 4.31. The molecule has 2 atom stereocenters. The van der Waals surface area contributed by atoms with Gasteiger partial charge in [-0.15, -0.1) is 0 Å². The monoisotopic (exact) mass is 226 g/mol. The molecule has 0 saturated heterocycles. The Kier molecular flexibility index (Phi) is 3.87. The van der Waals surface area contributed by atoms with E-state index in [1.165, 1.54) is 18.2 Å². The van der Waals surface area contributed by atoms with Gasteiger partial charge in [0.1, 0.15) is 11.9 Å². The van der Waals surface area contributed by atoms with E-state index in [0.29, 0.717) is 11.1 Å². The van der Waals surface area contributed by atoms with Crippen molar-refractivity contribution in [1.82, 2.24) is 0 Å². The maximum Gasteiger partial charge on any atom is 0.337 e. The van der Waals surface area contributed by atoms with E-state index in [1.54, 1.807) is 6.92 Å². The maximum atomic E-state index is 11.0. The van der Waals surface area contributed by atoms with Gasteiger partial charge < -0.3 is 20.1 Å². The Morgan fingerprint density at radius 3 is 2.50 bits per heavy atom. The Balaban J connectivity index is 2.91. The number of aryl methyl sites for hydroxylation is 1. The van der Waals surface area contributed by atoms with Crippen LogP contribution in [0.4, 0.5) is 0 Å². The van der Waals surface area contributed by atoms with Crippen LogP contribution in [-0.2, 0) is 9.53 Å². The predicted octanol–water partition coefficient (Wildman–Crippen LogP) is 0.268. The van der Waals surface area contributed by atoms with Crippen molar-refractivity contribution < 1.29 is 24.9 Å². The molecule has 2 unspecified atom stereocenters. The second-order valence-corrected chi connectivity index (χ2v) is 3.46. The number of aliphatic hydroxyl groups is 2. The highest BCUT2D eigenvalue weighted by molar-refractivity contribution is 5.75. The van der Waals surface area contributed by atoms with Gasteiger partial charge in [0.05, 0.1) is 7.11 Å². The molecule has 0 heterocycles. The summed E-state index contributed by atoms with van der Waals surface area (Å²) in [7, 11) is 1.13. The summed E-state index contributed by atoms with van der Waals surface area (Å²) >= 11 is 0. The quantitative estimate of drug-likeness (QED) is 0.644. The van der Waals surface area contributed by atoms with E-state index in [1.807, 2.05) is 0 Å². The highest BCUT2D eigenvalue weighted by Gasteiger charge is 2.26. The summed E-state index contributed by atoms with van der Waals surface area (Å²) in [5.74, 6) is -0.818. The highest BCUT2D eigenvalue weighted by Crippen LogP contribution is 2.23. The smallest absolute Gasteiger partial charge is 0.337 e. The van der Waals surface area contributed by atoms with E-state index >= 15 is 0 Å². The van der Waals surface area contributed by atoms with Crippen molar-refractivity contribution in [1.29, 1.82) is 0 Å². The van der Waals surface area contributed by atoms with Gasteiger partial charge in [0.25, 0.3) is 0 Å². The number of phenolic OH excluding ortho intramolecular Hbond substituents is 1. The number of carbonyl (C=O) groups is 1. The first kappa shape index (κ1) is 12.5. The standard InChI is InChI=1S/C11H14O5/c1-6-5-7(3-4-8(6)12)9(13)10(14)11(15)16-2/h3-5,9-10,12-14H,1-2H3. The highest BCUT2D eigenvalue weighted by atomic mass is 16.5. The van der Waals surface area contributed by atoms with Gasteiger partial charge >= 0.3 is 5.97 Å². The largest absolute Gasteiger partial charge is 0.508 e. The van der Waals surface area contributed by atoms with Crippen molar-refractivity contribution in [2.45, 2.75) is 19.1 Å². The van der Waals surface area contributed by atoms with E-state index < -0.39 is 18.2 Å². The third kappa shape index (κ3) is 2.50. The molecule has 0 amide bonds. The number of hydrogen-bond donors (Lipinski definition) is 3. The van der Waals surface area contributed by atoms with Crippen LogP contribution in [0.15, 0.2) is 18.2 Å². The van der Waals surface area contributed by atoms with E-state index in [9.17, 15) is 20.1 Å². The van der Waals surface area contributed by atoms with Gasteiger partial charge in [-0.05, 0) is 30.2 Å². The average molecular weight is 226 g/mol. The van der Waals surface area contributed by atoms with E-state index in [4.69, 9.17) is 0 Å². The fraction of sp³-hybridized carbons (Fsp3) is 0.364. The van der Waals surface area contributed by atoms with Crippen molar-refractivity contribution >= 4 is 5.97 Å². The van der Waals surface area contributed by atoms with Crippen LogP contribution in [0.5, 0.6) is 5.75 Å². The Morgan fingerprint density at radius 1 is 1.38 bits per heavy atom. The van der Waals surface area contributed by atoms with Gasteiger partial charge in [-0.25, -0.2) is 4.79 Å². The summed E-state index contributed by atoms with van der Waals surface area (Å²) in [5.41, 5.74) is 0.891. The van der Waals surface area contributed by atoms with E-state index in [-0.39, 0.29) is 5.75 Å². The fourth-order valence-electron chi connectivity index (χ4n) is 1.29. The van der Waals surface area contributed by atoms with Gasteiger partial charge in [-0.1, -0.05) is 6.07 Å². The molecule has 0 spiro atoms. The van der Waals surface area contributed by atoms with Crippen LogP contribution in [0.25, 0.3) is 0 Å². The molecule has 0 aliphatic heterocycles. The lowest BCUT2D eigenvalue weighted by molar-refractivity contribution is -0.156. The summed E-state index contributed by atoms with van der Waals surface area (Å²) in [5, 5.41) is 28.4. The SMILES string of the molecule is COC(=O)C(O)C(O)c1ccc(O)c(C)c1. The first-order valence-corrected chi connectivity index (χ1v) is 4.71. The molecular formula is C11H14O5. The van der Waals surface area contributed by atoms with Crippen LogP contribution >= 0.6 is 0 Å². The second kappa shape index (κ2) is 4.96. The zero-order valence-electron chi connectivity index (χ0n) is 9.04. The lowest BCUT2D eigenvalue weighted by Crippen LogP contribution is -2.29. The lowest BCUT2D eigenvalue weighted by atomic mass is 10.0. The average Bonchev–Trinajstić information content (AvgIpc) is 2.29. The Hall–Kier alpha value is -1.59. The summed E-state index contributed by atoms with van der Waals surface area (Å²) < 4.78 is 4.31. The van der Waals surface area contributed by atoms with Crippen molar-refractivity contribution in [2.75, 3.05) is 7.11 Å². The van der Waals surface area contributed by atoms with E-state index in [0.717, 1.165) is 7.11 Å². The van der Waals surface area contributed by atoms with Crippen LogP contribution in [0.2, 0.25) is 0 Å². The summed E-state index contributed by atoms with van der Waals surface area (Å²) in [6.07, 6.45) is -3.00. The normalized spacial score (nSPS) is 14.2. The van der Waals surface area contributed by atoms with Crippen LogP contribution < -0.4 is 0 Å². The van der Waals surface area contributed by atoms with Crippen LogP contribution in [-0.4, -0.2) is 34.5 Å². The van der Waals surface area contributed by atoms with E-state index in [2.05, 4.69) is 4.74 Å². The third-order valence-electron chi connectivity index (χ3n) is 2.30. The molecule has 16 heavy (non-hydrogen) atoms. The molecule has 0 radical (unpaired) electrons. The number of benzene rings is 1. The molecule has 0 aromatic heterocycles. The first-order chi connectivity index (χ1) is 7.47. The van der Waals surface area contributed by atoms with Crippen LogP contribution in [0, 0.1) is 6.92 Å². The molecule has 0 aliphatic rings. The molecular weight excluding hydrogens is 212 g/mol. The fourth-order valence-corrected chi connectivity index (χ4v) is 1.29. The molecule has 3 N–H and O–H groups in total. The maximum absolute atomic E-state index is 11.0. The Bertz CT molecular complexity index is 388. The van der Waals surface area contributed by atoms with Crippen LogP contribution in [0.3, 0.4) is 0 Å². The van der Waals surface area contributed by atoms with Crippen LogP contribution in [0.1, 0.15) is 17.2 Å². The van der Waals surface area contributed by atoms with Crippen molar-refractivity contribution in [3.05, 3.63) is 29.3 Å². The number of rotatable bonds is 3. The summed E-state index contributed by atoms with van der Waals surface area (Å²) in [4.78, 5) is 11.0. The number of carbonyl (C=O) groups excluding carboxylic acids is 1. The molecule has 1 aromatic rings. The molecule has 5 heteroatoms. The number of methoxy groups -OCH3 is 1. The minimum absolute atomic E-state index is 0.0866. The van der Waals surface area contributed by atoms with Gasteiger partial charge in [0.2, 0.25) is 0 Å². The number of hydrogen-bond acceptors (Lipinski definition) is 5. The van der Waals surface area contributed by atoms with Gasteiger partial charge in [-0.3, -0.25) is 0 Å².